The second kappa shape index (κ2) is 11.3. The largest absolute Gasteiger partial charge is 0.346 e. The van der Waals surface area contributed by atoms with Crippen LogP contribution in [0.25, 0.3) is 0 Å². The molecule has 0 aliphatic carbocycles. The van der Waals surface area contributed by atoms with E-state index < -0.39 is 10.0 Å². The molecular weight excluding hydrogens is 562 g/mol. The van der Waals surface area contributed by atoms with Gasteiger partial charge in [-0.25, -0.2) is 12.8 Å². The molecule has 1 saturated heterocycles. The molecule has 0 aromatic heterocycles. The number of nitriles is 1. The van der Waals surface area contributed by atoms with Crippen molar-refractivity contribution in [2.75, 3.05) is 31.5 Å². The minimum Gasteiger partial charge on any atom is -0.346 e. The molecule has 1 heterocycles. The molecule has 186 valence electrons. The van der Waals surface area contributed by atoms with Crippen LogP contribution in [-0.4, -0.2) is 48.9 Å². The van der Waals surface area contributed by atoms with Crippen molar-refractivity contribution in [3.05, 3.63) is 82.1 Å². The highest BCUT2D eigenvalue weighted by molar-refractivity contribution is 8.00. The van der Waals surface area contributed by atoms with E-state index in [0.29, 0.717) is 43.7 Å². The summed E-state index contributed by atoms with van der Waals surface area (Å²) in [4.78, 5) is 3.00. The summed E-state index contributed by atoms with van der Waals surface area (Å²) < 4.78 is 42.1. The molecule has 0 spiro atoms. The van der Waals surface area contributed by atoms with Crippen molar-refractivity contribution in [3.63, 3.8) is 0 Å². The Morgan fingerprint density at radius 3 is 2.36 bits per heavy atom. The van der Waals surface area contributed by atoms with E-state index in [2.05, 4.69) is 5.32 Å². The quantitative estimate of drug-likeness (QED) is 0.379. The van der Waals surface area contributed by atoms with E-state index >= 15 is 0 Å². The topological polar surface area (TPSA) is 76.4 Å². The Bertz CT molecular complexity index is 1440. The minimum atomic E-state index is -3.92. The van der Waals surface area contributed by atoms with E-state index in [4.69, 9.17) is 35.4 Å². The summed E-state index contributed by atoms with van der Waals surface area (Å²) in [5.41, 5.74) is 0.757. The molecule has 0 unspecified atom stereocenters. The van der Waals surface area contributed by atoms with Gasteiger partial charge >= 0.3 is 0 Å². The zero-order valence-corrected chi connectivity index (χ0v) is 22.6. The van der Waals surface area contributed by atoms with Crippen molar-refractivity contribution in [2.45, 2.75) is 14.7 Å². The summed E-state index contributed by atoms with van der Waals surface area (Å²) in [6.07, 6.45) is 0. The maximum atomic E-state index is 13.6. The van der Waals surface area contributed by atoms with Crippen LogP contribution in [0, 0.1) is 17.1 Å². The molecule has 0 saturated carbocycles. The lowest BCUT2D eigenvalue weighted by Crippen LogP contribution is -2.51. The maximum Gasteiger partial charge on any atom is 0.244 e. The maximum absolute atomic E-state index is 13.6. The molecule has 0 radical (unpaired) electrons. The van der Waals surface area contributed by atoms with Gasteiger partial charge in [0.1, 0.15) is 5.82 Å². The molecule has 1 aliphatic heterocycles. The van der Waals surface area contributed by atoms with Crippen LogP contribution in [0.15, 0.2) is 75.4 Å². The van der Waals surface area contributed by atoms with E-state index in [-0.39, 0.29) is 29.4 Å². The predicted molar refractivity (Wildman–Crippen MR) is 145 cm³/mol. The number of thiocarbonyl (C=S) groups is 1. The number of nitrogens with zero attached hydrogens (tertiary/aromatic N) is 3. The number of rotatable bonds is 5. The van der Waals surface area contributed by atoms with Gasteiger partial charge in [0.15, 0.2) is 5.11 Å². The highest BCUT2D eigenvalue weighted by Crippen LogP contribution is 2.37. The van der Waals surface area contributed by atoms with Crippen LogP contribution in [0.5, 0.6) is 0 Å². The average Bonchev–Trinajstić information content (AvgIpc) is 2.83. The molecule has 0 amide bonds. The van der Waals surface area contributed by atoms with E-state index in [1.54, 1.807) is 42.5 Å². The van der Waals surface area contributed by atoms with Crippen LogP contribution in [0.3, 0.4) is 0 Å². The molecule has 12 heteroatoms. The summed E-state index contributed by atoms with van der Waals surface area (Å²) in [6.45, 7) is 1.09. The zero-order chi connectivity index (χ0) is 25.9. The Morgan fingerprint density at radius 2 is 1.72 bits per heavy atom. The third-order valence-corrected chi connectivity index (χ3v) is 9.27. The van der Waals surface area contributed by atoms with Gasteiger partial charge in [0.25, 0.3) is 0 Å². The molecule has 3 aromatic carbocycles. The van der Waals surface area contributed by atoms with Crippen LogP contribution < -0.4 is 5.32 Å². The fourth-order valence-electron chi connectivity index (χ4n) is 3.62. The molecule has 1 aliphatic rings. The first-order chi connectivity index (χ1) is 17.2. The van der Waals surface area contributed by atoms with Crippen molar-refractivity contribution in [2.24, 2.45) is 0 Å². The first kappa shape index (κ1) is 26.7. The van der Waals surface area contributed by atoms with Crippen molar-refractivity contribution in [1.29, 1.82) is 5.26 Å². The Hall–Kier alpha value is -2.39. The fraction of sp³-hybridized carbons (Fsp3) is 0.167. The van der Waals surface area contributed by atoms with Gasteiger partial charge in [-0.3, -0.25) is 0 Å². The van der Waals surface area contributed by atoms with E-state index in [0.717, 1.165) is 0 Å². The molecular formula is C24H19Cl2FN4O2S3. The van der Waals surface area contributed by atoms with Gasteiger partial charge in [-0.2, -0.15) is 9.57 Å². The minimum absolute atomic E-state index is 0.0385. The molecule has 4 rings (SSSR count). The Balaban J connectivity index is 1.52. The number of hydrogen-bond acceptors (Lipinski definition) is 5. The van der Waals surface area contributed by atoms with Crippen molar-refractivity contribution in [3.8, 4) is 6.07 Å². The van der Waals surface area contributed by atoms with Gasteiger partial charge in [0.05, 0.1) is 16.5 Å². The number of anilines is 1. The molecule has 0 bridgehead atoms. The molecule has 36 heavy (non-hydrogen) atoms. The van der Waals surface area contributed by atoms with E-state index in [1.807, 2.05) is 11.0 Å². The number of benzene rings is 3. The van der Waals surface area contributed by atoms with Gasteiger partial charge < -0.3 is 10.2 Å². The second-order valence-electron chi connectivity index (χ2n) is 7.81. The van der Waals surface area contributed by atoms with Crippen LogP contribution in [0.2, 0.25) is 10.0 Å². The number of sulfonamides is 1. The number of halogens is 3. The first-order valence-corrected chi connectivity index (χ1v) is 14.1. The summed E-state index contributed by atoms with van der Waals surface area (Å²) >= 11 is 18.9. The standard InChI is InChI=1S/C24H19Cl2FN4O2S3/c25-17-11-18(26)13-21(12-17)35-22-5-4-16(15-28)10-23(22)36(32,33)31-8-6-30(7-9-31)24(34)29-20-3-1-2-19(27)14-20/h1-5,10-14H,6-9H2,(H,29,34). The molecule has 0 atom stereocenters. The van der Waals surface area contributed by atoms with Crippen LogP contribution in [0.4, 0.5) is 10.1 Å². The van der Waals surface area contributed by atoms with Crippen molar-refractivity contribution >= 4 is 68.0 Å². The van der Waals surface area contributed by atoms with Crippen LogP contribution in [-0.2, 0) is 10.0 Å². The summed E-state index contributed by atoms with van der Waals surface area (Å²) in [5, 5.41) is 13.6. The SMILES string of the molecule is N#Cc1ccc(Sc2cc(Cl)cc(Cl)c2)c(S(=O)(=O)N2CCN(C(=S)Nc3cccc(F)c3)CC2)c1. The van der Waals surface area contributed by atoms with E-state index in [1.165, 1.54) is 34.3 Å². The van der Waals surface area contributed by atoms with Gasteiger partial charge in [0.2, 0.25) is 10.0 Å². The summed E-state index contributed by atoms with van der Waals surface area (Å²) in [6, 6.07) is 17.5. The van der Waals surface area contributed by atoms with Gasteiger partial charge in [-0.1, -0.05) is 41.0 Å². The van der Waals surface area contributed by atoms with Crippen molar-refractivity contribution < 1.29 is 12.8 Å². The van der Waals surface area contributed by atoms with Crippen molar-refractivity contribution in [1.82, 2.24) is 9.21 Å². The zero-order valence-electron chi connectivity index (χ0n) is 18.6. The number of nitrogens with one attached hydrogen (secondary N) is 1. The Labute approximate surface area is 228 Å². The molecule has 6 nitrogen and oxygen atoms in total. The lowest BCUT2D eigenvalue weighted by atomic mass is 10.2. The fourth-order valence-corrected chi connectivity index (χ4v) is 7.46. The second-order valence-corrected chi connectivity index (χ2v) is 12.1. The van der Waals surface area contributed by atoms with Gasteiger partial charge in [0, 0.05) is 51.7 Å². The van der Waals surface area contributed by atoms with Gasteiger partial charge in [-0.15, -0.1) is 0 Å². The van der Waals surface area contributed by atoms with Gasteiger partial charge in [-0.05, 0) is 66.8 Å². The molecule has 3 aromatic rings. The predicted octanol–water partition coefficient (Wildman–Crippen LogP) is 5.86. The highest BCUT2D eigenvalue weighted by atomic mass is 35.5. The smallest absolute Gasteiger partial charge is 0.244 e. The average molecular weight is 582 g/mol. The normalized spacial score (nSPS) is 14.3. The third-order valence-electron chi connectivity index (χ3n) is 5.36. The Kier molecular flexibility index (Phi) is 8.40. The lowest BCUT2D eigenvalue weighted by molar-refractivity contribution is 0.268. The number of hydrogen-bond donors (Lipinski definition) is 1. The molecule has 1 fully saturated rings. The number of piperazine rings is 1. The monoisotopic (exact) mass is 580 g/mol. The Morgan fingerprint density at radius 1 is 1.03 bits per heavy atom. The summed E-state index contributed by atoms with van der Waals surface area (Å²) in [7, 11) is -3.92. The lowest BCUT2D eigenvalue weighted by Gasteiger charge is -2.35. The van der Waals surface area contributed by atoms with Crippen LogP contribution in [0.1, 0.15) is 5.56 Å². The van der Waals surface area contributed by atoms with E-state index in [9.17, 15) is 18.1 Å². The third kappa shape index (κ3) is 6.29. The van der Waals surface area contributed by atoms with Crippen LogP contribution >= 0.6 is 47.2 Å². The summed E-state index contributed by atoms with van der Waals surface area (Å²) in [5.74, 6) is -0.382. The molecule has 1 N–H and O–H groups in total. The first-order valence-electron chi connectivity index (χ1n) is 10.7. The highest BCUT2D eigenvalue weighted by Gasteiger charge is 2.31.